The van der Waals surface area contributed by atoms with Crippen molar-refractivity contribution in [2.75, 3.05) is 31.1 Å². The van der Waals surface area contributed by atoms with Crippen molar-refractivity contribution < 1.29 is 4.74 Å². The van der Waals surface area contributed by atoms with Crippen LogP contribution in [0.15, 0.2) is 12.4 Å². The summed E-state index contributed by atoms with van der Waals surface area (Å²) in [7, 11) is 0. The maximum atomic E-state index is 5.80. The number of nitrogens with two attached hydrogens (primary N) is 1. The van der Waals surface area contributed by atoms with E-state index in [1.54, 1.807) is 6.33 Å². The van der Waals surface area contributed by atoms with Crippen LogP contribution >= 0.6 is 0 Å². The van der Waals surface area contributed by atoms with Gasteiger partial charge in [-0.1, -0.05) is 6.92 Å². The van der Waals surface area contributed by atoms with Gasteiger partial charge in [0.05, 0.1) is 6.61 Å². The zero-order chi connectivity index (χ0) is 12.3. The van der Waals surface area contributed by atoms with Crippen LogP contribution in [0.5, 0.6) is 5.88 Å². The highest BCUT2D eigenvalue weighted by atomic mass is 16.5. The van der Waals surface area contributed by atoms with Gasteiger partial charge in [0.15, 0.2) is 0 Å². The van der Waals surface area contributed by atoms with Gasteiger partial charge in [-0.05, 0) is 25.3 Å². The first kappa shape index (κ1) is 12.1. The SMILES string of the molecule is CCOc1cc(N2CCC(C)(CN)C2)ncn1. The molecule has 0 saturated carbocycles. The summed E-state index contributed by atoms with van der Waals surface area (Å²) in [5, 5.41) is 0. The molecule has 17 heavy (non-hydrogen) atoms. The molecule has 0 aromatic carbocycles. The molecule has 0 amide bonds. The Morgan fingerprint density at radius 1 is 1.53 bits per heavy atom. The second-order valence-electron chi connectivity index (χ2n) is 4.83. The summed E-state index contributed by atoms with van der Waals surface area (Å²) in [4.78, 5) is 10.6. The first-order valence-electron chi connectivity index (χ1n) is 6.07. The lowest BCUT2D eigenvalue weighted by Crippen LogP contribution is -2.31. The molecule has 1 aliphatic heterocycles. The Bertz CT molecular complexity index is 385. The molecule has 1 unspecified atom stereocenters. The second kappa shape index (κ2) is 4.87. The van der Waals surface area contributed by atoms with Gasteiger partial charge >= 0.3 is 0 Å². The zero-order valence-electron chi connectivity index (χ0n) is 10.5. The van der Waals surface area contributed by atoms with Crippen LogP contribution in [0, 0.1) is 5.41 Å². The van der Waals surface area contributed by atoms with Crippen molar-refractivity contribution in [2.45, 2.75) is 20.3 Å². The van der Waals surface area contributed by atoms with E-state index in [-0.39, 0.29) is 5.41 Å². The van der Waals surface area contributed by atoms with E-state index in [0.717, 1.165) is 25.3 Å². The minimum atomic E-state index is 0.205. The molecule has 1 fully saturated rings. The highest BCUT2D eigenvalue weighted by molar-refractivity contribution is 5.42. The zero-order valence-corrected chi connectivity index (χ0v) is 10.5. The maximum absolute atomic E-state index is 5.80. The Balaban J connectivity index is 2.10. The van der Waals surface area contributed by atoms with Crippen molar-refractivity contribution in [1.29, 1.82) is 0 Å². The molecule has 0 radical (unpaired) electrons. The molecule has 1 aliphatic rings. The van der Waals surface area contributed by atoms with Gasteiger partial charge in [-0.3, -0.25) is 0 Å². The van der Waals surface area contributed by atoms with Crippen molar-refractivity contribution in [2.24, 2.45) is 11.1 Å². The quantitative estimate of drug-likeness (QED) is 0.846. The van der Waals surface area contributed by atoms with Crippen LogP contribution in [0.1, 0.15) is 20.3 Å². The van der Waals surface area contributed by atoms with Crippen LogP contribution in [0.25, 0.3) is 0 Å². The average Bonchev–Trinajstić information content (AvgIpc) is 2.74. The number of aromatic nitrogens is 2. The largest absolute Gasteiger partial charge is 0.478 e. The van der Waals surface area contributed by atoms with Crippen molar-refractivity contribution in [1.82, 2.24) is 9.97 Å². The Morgan fingerprint density at radius 3 is 3.00 bits per heavy atom. The smallest absolute Gasteiger partial charge is 0.218 e. The number of hydrogen-bond donors (Lipinski definition) is 1. The van der Waals surface area contributed by atoms with Crippen LogP contribution in [0.3, 0.4) is 0 Å². The van der Waals surface area contributed by atoms with Gasteiger partial charge in [-0.15, -0.1) is 0 Å². The summed E-state index contributed by atoms with van der Waals surface area (Å²) >= 11 is 0. The minimum absolute atomic E-state index is 0.205. The molecule has 94 valence electrons. The van der Waals surface area contributed by atoms with Crippen molar-refractivity contribution >= 4 is 5.82 Å². The van der Waals surface area contributed by atoms with Crippen LogP contribution in [-0.4, -0.2) is 36.2 Å². The molecule has 5 heteroatoms. The van der Waals surface area contributed by atoms with Gasteiger partial charge in [-0.25, -0.2) is 9.97 Å². The summed E-state index contributed by atoms with van der Waals surface area (Å²) in [6, 6.07) is 1.89. The molecule has 2 heterocycles. The van der Waals surface area contributed by atoms with Crippen LogP contribution in [-0.2, 0) is 0 Å². The van der Waals surface area contributed by atoms with E-state index in [2.05, 4.69) is 21.8 Å². The van der Waals surface area contributed by atoms with Crippen LogP contribution in [0.2, 0.25) is 0 Å². The summed E-state index contributed by atoms with van der Waals surface area (Å²) in [6.45, 7) is 7.45. The fraction of sp³-hybridized carbons (Fsp3) is 0.667. The summed E-state index contributed by atoms with van der Waals surface area (Å²) in [5.74, 6) is 1.57. The predicted molar refractivity (Wildman–Crippen MR) is 67.2 cm³/mol. The van der Waals surface area contributed by atoms with Gasteiger partial charge in [-0.2, -0.15) is 0 Å². The van der Waals surface area contributed by atoms with Gasteiger partial charge in [0, 0.05) is 19.2 Å². The first-order chi connectivity index (χ1) is 8.17. The maximum Gasteiger partial charge on any atom is 0.218 e. The summed E-state index contributed by atoms with van der Waals surface area (Å²) in [6.07, 6.45) is 2.66. The number of anilines is 1. The van der Waals surface area contributed by atoms with Crippen molar-refractivity contribution in [3.05, 3.63) is 12.4 Å². The van der Waals surface area contributed by atoms with Gasteiger partial charge in [0.1, 0.15) is 12.1 Å². The predicted octanol–water partition coefficient (Wildman–Crippen LogP) is 1.05. The fourth-order valence-electron chi connectivity index (χ4n) is 2.12. The minimum Gasteiger partial charge on any atom is -0.478 e. The fourth-order valence-corrected chi connectivity index (χ4v) is 2.12. The molecular formula is C12H20N4O. The molecule has 5 nitrogen and oxygen atoms in total. The highest BCUT2D eigenvalue weighted by Crippen LogP contribution is 2.31. The van der Waals surface area contributed by atoms with E-state index in [1.807, 2.05) is 13.0 Å². The van der Waals surface area contributed by atoms with Gasteiger partial charge in [0.2, 0.25) is 5.88 Å². The van der Waals surface area contributed by atoms with E-state index in [0.29, 0.717) is 19.0 Å². The molecule has 2 rings (SSSR count). The topological polar surface area (TPSA) is 64.3 Å². The van der Waals surface area contributed by atoms with Crippen LogP contribution in [0.4, 0.5) is 5.82 Å². The summed E-state index contributed by atoms with van der Waals surface area (Å²) < 4.78 is 5.38. The van der Waals surface area contributed by atoms with Gasteiger partial charge in [0.25, 0.3) is 0 Å². The Kier molecular flexibility index (Phi) is 3.47. The van der Waals surface area contributed by atoms with Crippen LogP contribution < -0.4 is 15.4 Å². The Hall–Kier alpha value is -1.36. The summed E-state index contributed by atoms with van der Waals surface area (Å²) in [5.41, 5.74) is 6.01. The number of ether oxygens (including phenoxy) is 1. The number of rotatable bonds is 4. The average molecular weight is 236 g/mol. The lowest BCUT2D eigenvalue weighted by atomic mass is 9.90. The standard InChI is InChI=1S/C12H20N4O/c1-3-17-11-6-10(14-9-15-11)16-5-4-12(2,7-13)8-16/h6,9H,3-5,7-8,13H2,1-2H3. The molecular weight excluding hydrogens is 216 g/mol. The molecule has 0 bridgehead atoms. The Labute approximate surface area is 102 Å². The van der Waals surface area contributed by atoms with E-state index in [1.165, 1.54) is 0 Å². The molecule has 0 aliphatic carbocycles. The molecule has 1 saturated heterocycles. The van der Waals surface area contributed by atoms with E-state index in [4.69, 9.17) is 10.5 Å². The third kappa shape index (κ3) is 2.66. The third-order valence-corrected chi connectivity index (χ3v) is 3.29. The number of nitrogens with zero attached hydrogens (tertiary/aromatic N) is 3. The lowest BCUT2D eigenvalue weighted by Gasteiger charge is -2.23. The molecule has 0 spiro atoms. The Morgan fingerprint density at radius 2 is 2.35 bits per heavy atom. The van der Waals surface area contributed by atoms with Crippen molar-refractivity contribution in [3.8, 4) is 5.88 Å². The van der Waals surface area contributed by atoms with Gasteiger partial charge < -0.3 is 15.4 Å². The highest BCUT2D eigenvalue weighted by Gasteiger charge is 2.33. The molecule has 2 N–H and O–H groups in total. The van der Waals surface area contributed by atoms with E-state index < -0.39 is 0 Å². The first-order valence-corrected chi connectivity index (χ1v) is 6.07. The van der Waals surface area contributed by atoms with E-state index in [9.17, 15) is 0 Å². The molecule has 1 atom stereocenters. The second-order valence-corrected chi connectivity index (χ2v) is 4.83. The number of hydrogen-bond acceptors (Lipinski definition) is 5. The van der Waals surface area contributed by atoms with Crippen molar-refractivity contribution in [3.63, 3.8) is 0 Å². The lowest BCUT2D eigenvalue weighted by molar-refractivity contribution is 0.326. The third-order valence-electron chi connectivity index (χ3n) is 3.29. The molecule has 1 aromatic heterocycles. The molecule has 1 aromatic rings. The normalized spacial score (nSPS) is 24.1. The van der Waals surface area contributed by atoms with E-state index >= 15 is 0 Å². The monoisotopic (exact) mass is 236 g/mol.